The predicted molar refractivity (Wildman–Crippen MR) is 64.2 cm³/mol. The maximum absolute atomic E-state index is 13.3. The smallest absolute Gasteiger partial charge is 0.377 e. The number of esters is 1. The van der Waals surface area contributed by atoms with E-state index in [1.165, 1.54) is 0 Å². The molecule has 0 atom stereocenters. The first-order valence-electron chi connectivity index (χ1n) is 6.49. The summed E-state index contributed by atoms with van der Waals surface area (Å²) in [6.07, 6.45) is 4.57. The molecule has 0 fully saturated rings. The number of carbonyl (C=O) groups excluding carboxylic acids is 1. The van der Waals surface area contributed by atoms with E-state index < -0.39 is 24.4 Å². The third kappa shape index (κ3) is 8.11. The van der Waals surface area contributed by atoms with Gasteiger partial charge in [-0.1, -0.05) is 39.0 Å². The van der Waals surface area contributed by atoms with Crippen LogP contribution in [0.2, 0.25) is 0 Å². The number of alkyl halides is 2. The second kappa shape index (κ2) is 8.43. The van der Waals surface area contributed by atoms with Crippen molar-refractivity contribution in [2.24, 2.45) is 0 Å². The van der Waals surface area contributed by atoms with Gasteiger partial charge in [0.1, 0.15) is 0 Å². The van der Waals surface area contributed by atoms with Crippen molar-refractivity contribution in [3.8, 4) is 0 Å². The van der Waals surface area contributed by atoms with Gasteiger partial charge in [0.15, 0.2) is 0 Å². The highest BCUT2D eigenvalue weighted by Crippen LogP contribution is 2.24. The molecule has 0 N–H and O–H groups in total. The number of hydrogen-bond donors (Lipinski definition) is 0. The average Bonchev–Trinajstić information content (AvgIpc) is 2.22. The molecule has 0 saturated heterocycles. The van der Waals surface area contributed by atoms with Crippen LogP contribution in [0, 0.1) is 0 Å². The fourth-order valence-electron chi connectivity index (χ4n) is 1.53. The zero-order valence-corrected chi connectivity index (χ0v) is 11.1. The van der Waals surface area contributed by atoms with Crippen LogP contribution >= 0.6 is 0 Å². The van der Waals surface area contributed by atoms with E-state index >= 15 is 0 Å². The summed E-state index contributed by atoms with van der Waals surface area (Å²) in [4.78, 5) is 11.1. The quantitative estimate of drug-likeness (QED) is 0.450. The molecule has 0 spiro atoms. The van der Waals surface area contributed by atoms with E-state index in [1.54, 1.807) is 13.8 Å². The van der Waals surface area contributed by atoms with Gasteiger partial charge < -0.3 is 4.74 Å². The van der Waals surface area contributed by atoms with Crippen molar-refractivity contribution in [3.05, 3.63) is 0 Å². The normalized spacial score (nSPS) is 11.9. The topological polar surface area (TPSA) is 26.3 Å². The van der Waals surface area contributed by atoms with E-state index in [9.17, 15) is 13.6 Å². The van der Waals surface area contributed by atoms with Gasteiger partial charge in [0.05, 0.1) is 6.10 Å². The van der Waals surface area contributed by atoms with Gasteiger partial charge in [0, 0.05) is 6.42 Å². The molecule has 0 rings (SSSR count). The lowest BCUT2D eigenvalue weighted by Crippen LogP contribution is -2.32. The van der Waals surface area contributed by atoms with Crippen molar-refractivity contribution in [2.75, 3.05) is 0 Å². The summed E-state index contributed by atoms with van der Waals surface area (Å²) in [5, 5.41) is 0. The largest absolute Gasteiger partial charge is 0.459 e. The van der Waals surface area contributed by atoms with E-state index in [-0.39, 0.29) is 0 Å². The van der Waals surface area contributed by atoms with Gasteiger partial charge in [0.25, 0.3) is 0 Å². The molecule has 0 aromatic heterocycles. The monoisotopic (exact) mass is 250 g/mol. The number of hydrogen-bond acceptors (Lipinski definition) is 2. The molecular formula is C13H24F2O2. The van der Waals surface area contributed by atoms with Crippen molar-refractivity contribution < 1.29 is 18.3 Å². The lowest BCUT2D eigenvalue weighted by atomic mass is 10.1. The summed E-state index contributed by atoms with van der Waals surface area (Å²) < 4.78 is 31.1. The average molecular weight is 250 g/mol. The van der Waals surface area contributed by atoms with Crippen LogP contribution in [-0.2, 0) is 9.53 Å². The third-order valence-corrected chi connectivity index (χ3v) is 2.49. The molecule has 0 bridgehead atoms. The van der Waals surface area contributed by atoms with E-state index in [1.807, 2.05) is 0 Å². The number of ether oxygens (including phenoxy) is 1. The van der Waals surface area contributed by atoms with Crippen LogP contribution in [0.15, 0.2) is 0 Å². The molecule has 0 radical (unpaired) electrons. The Morgan fingerprint density at radius 3 is 2.18 bits per heavy atom. The molecule has 0 heterocycles. The Hall–Kier alpha value is -0.670. The van der Waals surface area contributed by atoms with Crippen LogP contribution in [-0.4, -0.2) is 18.0 Å². The number of carbonyl (C=O) groups is 1. The second-order valence-electron chi connectivity index (χ2n) is 4.68. The highest BCUT2D eigenvalue weighted by atomic mass is 19.3. The van der Waals surface area contributed by atoms with Gasteiger partial charge in [-0.2, -0.15) is 8.78 Å². The maximum Gasteiger partial charge on any atom is 0.377 e. The Labute approximate surface area is 103 Å². The Balaban J connectivity index is 3.73. The van der Waals surface area contributed by atoms with E-state index in [0.717, 1.165) is 32.1 Å². The van der Waals surface area contributed by atoms with E-state index in [2.05, 4.69) is 11.7 Å². The maximum atomic E-state index is 13.3. The molecule has 17 heavy (non-hydrogen) atoms. The molecule has 4 heteroatoms. The van der Waals surface area contributed by atoms with Crippen molar-refractivity contribution >= 4 is 5.97 Å². The zero-order chi connectivity index (χ0) is 13.3. The fraction of sp³-hybridized carbons (Fsp3) is 0.923. The van der Waals surface area contributed by atoms with Gasteiger partial charge in [-0.15, -0.1) is 0 Å². The molecule has 0 aliphatic rings. The van der Waals surface area contributed by atoms with E-state index in [4.69, 9.17) is 0 Å². The summed E-state index contributed by atoms with van der Waals surface area (Å²) in [6, 6.07) is 0. The number of unbranched alkanes of at least 4 members (excludes halogenated alkanes) is 5. The lowest BCUT2D eigenvalue weighted by molar-refractivity contribution is -0.177. The zero-order valence-electron chi connectivity index (χ0n) is 11.1. The van der Waals surface area contributed by atoms with Crippen LogP contribution < -0.4 is 0 Å². The molecular weight excluding hydrogens is 226 g/mol. The Morgan fingerprint density at radius 1 is 1.12 bits per heavy atom. The Bertz CT molecular complexity index is 215. The molecule has 0 amide bonds. The molecule has 2 nitrogen and oxygen atoms in total. The highest BCUT2D eigenvalue weighted by molar-refractivity contribution is 5.77. The van der Waals surface area contributed by atoms with Crippen molar-refractivity contribution in [1.82, 2.24) is 0 Å². The summed E-state index contributed by atoms with van der Waals surface area (Å²) in [6.45, 7) is 5.24. The van der Waals surface area contributed by atoms with Gasteiger partial charge in [-0.05, 0) is 20.3 Å². The minimum Gasteiger partial charge on any atom is -0.459 e. The van der Waals surface area contributed by atoms with Gasteiger partial charge >= 0.3 is 11.9 Å². The molecule has 0 aromatic carbocycles. The van der Waals surface area contributed by atoms with Crippen molar-refractivity contribution in [3.63, 3.8) is 0 Å². The van der Waals surface area contributed by atoms with Crippen LogP contribution in [0.5, 0.6) is 0 Å². The fourth-order valence-corrected chi connectivity index (χ4v) is 1.53. The molecule has 102 valence electrons. The van der Waals surface area contributed by atoms with Crippen molar-refractivity contribution in [1.29, 1.82) is 0 Å². The minimum atomic E-state index is -3.32. The standard InChI is InChI=1S/C13H24F2O2/c1-4-5-6-7-8-9-10-13(14,15)12(16)17-11(2)3/h11H,4-10H2,1-3H3. The van der Waals surface area contributed by atoms with E-state index in [0.29, 0.717) is 6.42 Å². The van der Waals surface area contributed by atoms with Gasteiger partial charge in [0.2, 0.25) is 0 Å². The second-order valence-corrected chi connectivity index (χ2v) is 4.68. The minimum absolute atomic E-state index is 0.379. The number of halogens is 2. The molecule has 0 aromatic rings. The summed E-state index contributed by atoms with van der Waals surface area (Å²) in [5.74, 6) is -4.71. The molecule has 0 saturated carbocycles. The highest BCUT2D eigenvalue weighted by Gasteiger charge is 2.40. The lowest BCUT2D eigenvalue weighted by Gasteiger charge is -2.16. The van der Waals surface area contributed by atoms with Crippen LogP contribution in [0.25, 0.3) is 0 Å². The summed E-state index contributed by atoms with van der Waals surface area (Å²) in [5.41, 5.74) is 0. The first kappa shape index (κ1) is 16.3. The van der Waals surface area contributed by atoms with Crippen LogP contribution in [0.4, 0.5) is 8.78 Å². The van der Waals surface area contributed by atoms with Crippen LogP contribution in [0.3, 0.4) is 0 Å². The Morgan fingerprint density at radius 2 is 1.65 bits per heavy atom. The summed E-state index contributed by atoms with van der Waals surface area (Å²) in [7, 11) is 0. The van der Waals surface area contributed by atoms with Crippen LogP contribution in [0.1, 0.15) is 65.7 Å². The molecule has 0 unspecified atom stereocenters. The van der Waals surface area contributed by atoms with Crippen molar-refractivity contribution in [2.45, 2.75) is 77.7 Å². The molecule has 0 aliphatic heterocycles. The summed E-state index contributed by atoms with van der Waals surface area (Å²) >= 11 is 0. The SMILES string of the molecule is CCCCCCCCC(F)(F)C(=O)OC(C)C. The van der Waals surface area contributed by atoms with Gasteiger partial charge in [-0.3, -0.25) is 0 Å². The first-order chi connectivity index (χ1) is 7.90. The number of rotatable bonds is 9. The third-order valence-electron chi connectivity index (χ3n) is 2.49. The Kier molecular flexibility index (Phi) is 8.09. The first-order valence-corrected chi connectivity index (χ1v) is 6.49. The molecule has 0 aliphatic carbocycles. The van der Waals surface area contributed by atoms with Gasteiger partial charge in [-0.25, -0.2) is 4.79 Å². The predicted octanol–water partition coefficient (Wildman–Crippen LogP) is 4.32.